The van der Waals surface area contributed by atoms with Crippen LogP contribution >= 0.6 is 67.8 Å². The first-order chi connectivity index (χ1) is 8.99. The second kappa shape index (κ2) is 7.55. The van der Waals surface area contributed by atoms with Crippen molar-refractivity contribution in [3.8, 4) is 0 Å². The van der Waals surface area contributed by atoms with Gasteiger partial charge in [-0.15, -0.1) is 0 Å². The van der Waals surface area contributed by atoms with Crippen LogP contribution in [-0.4, -0.2) is 18.5 Å². The Labute approximate surface area is 155 Å². The molecular formula is C14H17I3O2. The molecular weight excluding hydrogens is 581 g/mol. The van der Waals surface area contributed by atoms with Gasteiger partial charge in [0.1, 0.15) is 0 Å². The van der Waals surface area contributed by atoms with Crippen LogP contribution in [0.3, 0.4) is 0 Å². The molecule has 1 heterocycles. The fourth-order valence-electron chi connectivity index (χ4n) is 2.26. The topological polar surface area (TPSA) is 18.5 Å². The van der Waals surface area contributed by atoms with Crippen LogP contribution in [0, 0.1) is 10.7 Å². The predicted octanol–water partition coefficient (Wildman–Crippen LogP) is 4.97. The van der Waals surface area contributed by atoms with Crippen molar-refractivity contribution in [2.75, 3.05) is 0 Å². The number of rotatable bonds is 3. The van der Waals surface area contributed by atoms with Gasteiger partial charge in [-0.2, -0.15) is 0 Å². The Bertz CT molecular complexity index is 427. The Morgan fingerprint density at radius 3 is 2.37 bits per heavy atom. The number of hydrogen-bond acceptors (Lipinski definition) is 2. The molecule has 0 N–H and O–H groups in total. The highest BCUT2D eigenvalue weighted by atomic mass is 127. The van der Waals surface area contributed by atoms with Crippen molar-refractivity contribution in [3.05, 3.63) is 28.4 Å². The minimum absolute atomic E-state index is 0.0969. The third-order valence-corrected chi connectivity index (χ3v) is 8.15. The molecule has 106 valence electrons. The van der Waals surface area contributed by atoms with E-state index in [4.69, 9.17) is 9.47 Å². The fourth-order valence-corrected chi connectivity index (χ4v) is 4.47. The van der Waals surface area contributed by atoms with Crippen molar-refractivity contribution in [2.45, 2.75) is 51.6 Å². The monoisotopic (exact) mass is 598 g/mol. The van der Waals surface area contributed by atoms with Gasteiger partial charge >= 0.3 is 0 Å². The second-order valence-corrected chi connectivity index (χ2v) is 8.26. The van der Waals surface area contributed by atoms with Crippen LogP contribution in [0.15, 0.2) is 12.1 Å². The molecule has 0 radical (unpaired) electrons. The van der Waals surface area contributed by atoms with Crippen LogP contribution in [0.4, 0.5) is 0 Å². The number of halogens is 3. The quantitative estimate of drug-likeness (QED) is 0.362. The Morgan fingerprint density at radius 2 is 1.79 bits per heavy atom. The lowest BCUT2D eigenvalue weighted by Gasteiger charge is -2.34. The molecule has 1 aromatic rings. The van der Waals surface area contributed by atoms with Gasteiger partial charge in [0.2, 0.25) is 0 Å². The third kappa shape index (κ3) is 4.65. The number of benzene rings is 1. The third-order valence-electron chi connectivity index (χ3n) is 3.22. The zero-order valence-corrected chi connectivity index (χ0v) is 17.4. The van der Waals surface area contributed by atoms with Crippen molar-refractivity contribution in [1.82, 2.24) is 0 Å². The summed E-state index contributed by atoms with van der Waals surface area (Å²) in [6.45, 7) is 4.32. The average molecular weight is 598 g/mol. The van der Waals surface area contributed by atoms with Crippen LogP contribution in [0.25, 0.3) is 0 Å². The van der Waals surface area contributed by atoms with E-state index in [1.807, 2.05) is 0 Å². The van der Waals surface area contributed by atoms with E-state index in [9.17, 15) is 0 Å². The van der Waals surface area contributed by atoms with Crippen LogP contribution in [-0.2, 0) is 15.9 Å². The summed E-state index contributed by atoms with van der Waals surface area (Å²) >= 11 is 7.17. The first-order valence-electron chi connectivity index (χ1n) is 6.44. The SMILES string of the molecule is CCC1CC(C)OC(Cc2cc(I)c(I)c(I)c2)O1. The molecule has 1 aliphatic rings. The molecule has 2 nitrogen and oxygen atoms in total. The van der Waals surface area contributed by atoms with Gasteiger partial charge in [0, 0.05) is 17.1 Å². The standard InChI is InChI=1S/C14H17I3O2/c1-3-10-4-8(2)18-13(19-10)7-9-5-11(15)14(17)12(16)6-9/h5-6,8,10,13H,3-4,7H2,1-2H3. The molecule has 3 atom stereocenters. The van der Waals surface area contributed by atoms with Gasteiger partial charge in [-0.25, -0.2) is 0 Å². The van der Waals surface area contributed by atoms with Gasteiger partial charge in [0.05, 0.1) is 12.2 Å². The van der Waals surface area contributed by atoms with Gasteiger partial charge in [0.15, 0.2) is 6.29 Å². The summed E-state index contributed by atoms with van der Waals surface area (Å²) in [7, 11) is 0. The minimum atomic E-state index is -0.0969. The van der Waals surface area contributed by atoms with Crippen molar-refractivity contribution in [1.29, 1.82) is 0 Å². The van der Waals surface area contributed by atoms with Gasteiger partial charge in [-0.3, -0.25) is 0 Å². The highest BCUT2D eigenvalue weighted by molar-refractivity contribution is 14.1. The molecule has 0 bridgehead atoms. The molecule has 1 aliphatic heterocycles. The molecule has 0 aromatic heterocycles. The summed E-state index contributed by atoms with van der Waals surface area (Å²) < 4.78 is 15.8. The Hall–Kier alpha value is 1.33. The van der Waals surface area contributed by atoms with Gasteiger partial charge in [-0.1, -0.05) is 6.92 Å². The summed E-state index contributed by atoms with van der Waals surface area (Å²) in [6.07, 6.45) is 3.45. The minimum Gasteiger partial charge on any atom is -0.349 e. The van der Waals surface area contributed by atoms with E-state index in [0.29, 0.717) is 12.2 Å². The molecule has 0 spiro atoms. The lowest BCUT2D eigenvalue weighted by molar-refractivity contribution is -0.237. The molecule has 0 saturated carbocycles. The fraction of sp³-hybridized carbons (Fsp3) is 0.571. The summed E-state index contributed by atoms with van der Waals surface area (Å²) in [6, 6.07) is 4.47. The molecule has 1 saturated heterocycles. The van der Waals surface area contributed by atoms with E-state index in [0.717, 1.165) is 19.3 Å². The largest absolute Gasteiger partial charge is 0.349 e. The smallest absolute Gasteiger partial charge is 0.162 e. The number of ether oxygens (including phenoxy) is 2. The molecule has 0 aliphatic carbocycles. The summed E-state index contributed by atoms with van der Waals surface area (Å²) in [5.41, 5.74) is 1.29. The zero-order valence-electron chi connectivity index (χ0n) is 11.0. The highest BCUT2D eigenvalue weighted by Gasteiger charge is 2.26. The number of hydrogen-bond donors (Lipinski definition) is 0. The Balaban J connectivity index is 2.08. The normalized spacial score (nSPS) is 27.5. The van der Waals surface area contributed by atoms with Gasteiger partial charge in [0.25, 0.3) is 0 Å². The maximum Gasteiger partial charge on any atom is 0.162 e. The molecule has 5 heteroatoms. The molecule has 0 amide bonds. The van der Waals surface area contributed by atoms with Gasteiger partial charge in [-0.05, 0) is 105 Å². The molecule has 1 aromatic carbocycles. The summed E-state index contributed by atoms with van der Waals surface area (Å²) in [5.74, 6) is 0. The lowest BCUT2D eigenvalue weighted by Crippen LogP contribution is -2.37. The van der Waals surface area contributed by atoms with E-state index in [1.54, 1.807) is 0 Å². The molecule has 3 unspecified atom stereocenters. The van der Waals surface area contributed by atoms with Crippen LogP contribution in [0.2, 0.25) is 0 Å². The molecule has 19 heavy (non-hydrogen) atoms. The van der Waals surface area contributed by atoms with E-state index in [-0.39, 0.29) is 6.29 Å². The maximum atomic E-state index is 5.99. The molecule has 2 rings (SSSR count). The van der Waals surface area contributed by atoms with Crippen molar-refractivity contribution in [3.63, 3.8) is 0 Å². The van der Waals surface area contributed by atoms with E-state index < -0.39 is 0 Å². The first kappa shape index (κ1) is 16.7. The van der Waals surface area contributed by atoms with Crippen molar-refractivity contribution < 1.29 is 9.47 Å². The van der Waals surface area contributed by atoms with Crippen LogP contribution in [0.5, 0.6) is 0 Å². The average Bonchev–Trinajstić information content (AvgIpc) is 2.35. The van der Waals surface area contributed by atoms with Gasteiger partial charge < -0.3 is 9.47 Å². The lowest BCUT2D eigenvalue weighted by atomic mass is 10.1. The predicted molar refractivity (Wildman–Crippen MR) is 102 cm³/mol. The summed E-state index contributed by atoms with van der Waals surface area (Å²) in [5, 5.41) is 0. The van der Waals surface area contributed by atoms with E-state index in [1.165, 1.54) is 16.3 Å². The van der Waals surface area contributed by atoms with E-state index in [2.05, 4.69) is 93.8 Å². The Kier molecular flexibility index (Phi) is 6.63. The Morgan fingerprint density at radius 1 is 1.16 bits per heavy atom. The zero-order chi connectivity index (χ0) is 14.0. The molecule has 1 fully saturated rings. The highest BCUT2D eigenvalue weighted by Crippen LogP contribution is 2.27. The second-order valence-electron chi connectivity index (χ2n) is 4.86. The van der Waals surface area contributed by atoms with Crippen molar-refractivity contribution in [2.24, 2.45) is 0 Å². The first-order valence-corrected chi connectivity index (χ1v) is 9.67. The van der Waals surface area contributed by atoms with Crippen molar-refractivity contribution >= 4 is 67.8 Å². The summed E-state index contributed by atoms with van der Waals surface area (Å²) in [4.78, 5) is 0. The van der Waals surface area contributed by atoms with Crippen LogP contribution in [0.1, 0.15) is 32.3 Å². The van der Waals surface area contributed by atoms with Crippen LogP contribution < -0.4 is 0 Å². The van der Waals surface area contributed by atoms with E-state index >= 15 is 0 Å². The maximum absolute atomic E-state index is 5.99.